The van der Waals surface area contributed by atoms with Crippen molar-refractivity contribution in [3.63, 3.8) is 0 Å². The van der Waals surface area contributed by atoms with E-state index in [9.17, 15) is 13.6 Å². The lowest BCUT2D eigenvalue weighted by molar-refractivity contribution is -0.133. The molecule has 204 valence electrons. The Bertz CT molecular complexity index is 1340. The van der Waals surface area contributed by atoms with E-state index in [4.69, 9.17) is 21.1 Å². The summed E-state index contributed by atoms with van der Waals surface area (Å²) in [7, 11) is 0.0731. The average molecular weight is 575 g/mol. The van der Waals surface area contributed by atoms with Gasteiger partial charge in [0.15, 0.2) is 0 Å². The lowest BCUT2D eigenvalue weighted by atomic mass is 9.87. The Labute approximate surface area is 233 Å². The van der Waals surface area contributed by atoms with Crippen molar-refractivity contribution in [1.82, 2.24) is 4.57 Å². The predicted molar refractivity (Wildman–Crippen MR) is 158 cm³/mol. The molecule has 1 N–H and O–H groups in total. The largest absolute Gasteiger partial charge is 0.459 e. The monoisotopic (exact) mass is 574 g/mol. The predicted octanol–water partition coefficient (Wildman–Crippen LogP) is 5.92. The summed E-state index contributed by atoms with van der Waals surface area (Å²) in [5.41, 5.74) is 1.34. The van der Waals surface area contributed by atoms with Gasteiger partial charge in [0.25, 0.3) is 11.3 Å². The molecular weight excluding hydrogens is 540 g/mol. The third kappa shape index (κ3) is 7.07. The molecule has 0 aliphatic carbocycles. The third-order valence-corrected chi connectivity index (χ3v) is 9.12. The molecule has 38 heavy (non-hydrogen) atoms. The molecule has 1 heterocycles. The normalized spacial score (nSPS) is 13.9. The maximum Gasteiger partial charge on any atom is 0.384 e. The van der Waals surface area contributed by atoms with E-state index in [1.807, 2.05) is 54.1 Å². The molecule has 7 nitrogen and oxygen atoms in total. The van der Waals surface area contributed by atoms with Crippen LogP contribution in [0.2, 0.25) is 30.7 Å². The number of hydrogen-bond donors (Lipinski definition) is 1. The van der Waals surface area contributed by atoms with Gasteiger partial charge in [0, 0.05) is 37.2 Å². The summed E-state index contributed by atoms with van der Waals surface area (Å²) >= 11 is 3.91. The molecule has 0 saturated heterocycles. The minimum absolute atomic E-state index is 0.261. The highest BCUT2D eigenvalue weighted by atomic mass is 35.5. The van der Waals surface area contributed by atoms with Gasteiger partial charge in [-0.3, -0.25) is 8.86 Å². The second-order valence-electron chi connectivity index (χ2n) is 10.1. The number of rotatable bonds is 11. The van der Waals surface area contributed by atoms with Crippen molar-refractivity contribution < 1.29 is 23.0 Å². The summed E-state index contributed by atoms with van der Waals surface area (Å²) in [6, 6.07) is 15.9. The van der Waals surface area contributed by atoms with Crippen LogP contribution in [-0.4, -0.2) is 54.2 Å². The molecule has 0 saturated carbocycles. The first-order valence-corrected chi connectivity index (χ1v) is 17.6. The second kappa shape index (κ2) is 13.0. The minimum atomic E-state index is -2.25. The first-order valence-electron chi connectivity index (χ1n) is 12.5. The SMILES string of the molecule is CCC(C#CC(=O)OC)(c1ccc(Cl)cc1)n1ccc2c(N(CCOCC[Si](C)(C)C)S(=O)O)cccc21. The smallest absolute Gasteiger partial charge is 0.384 e. The third-order valence-electron chi connectivity index (χ3n) is 6.40. The average Bonchev–Trinajstić information content (AvgIpc) is 3.32. The molecule has 2 aromatic carbocycles. The molecule has 3 aromatic rings. The van der Waals surface area contributed by atoms with Crippen molar-refractivity contribution >= 4 is 53.5 Å². The van der Waals surface area contributed by atoms with Gasteiger partial charge >= 0.3 is 5.97 Å². The van der Waals surface area contributed by atoms with E-state index in [0.717, 1.165) is 22.5 Å². The summed E-state index contributed by atoms with van der Waals surface area (Å²) < 4.78 is 36.5. The Kier molecular flexibility index (Phi) is 10.2. The quantitative estimate of drug-likeness (QED) is 0.0767. The number of hydrogen-bond acceptors (Lipinski definition) is 4. The zero-order valence-corrected chi connectivity index (χ0v) is 25.1. The van der Waals surface area contributed by atoms with Crippen LogP contribution in [0.15, 0.2) is 54.7 Å². The Hall–Kier alpha value is -2.61. The van der Waals surface area contributed by atoms with Gasteiger partial charge in [-0.2, -0.15) is 0 Å². The van der Waals surface area contributed by atoms with E-state index >= 15 is 0 Å². The van der Waals surface area contributed by atoms with Gasteiger partial charge in [0.2, 0.25) is 0 Å². The highest BCUT2D eigenvalue weighted by Crippen LogP contribution is 2.37. The van der Waals surface area contributed by atoms with Crippen molar-refractivity contribution in [2.75, 3.05) is 31.2 Å². The van der Waals surface area contributed by atoms with Crippen LogP contribution in [0.3, 0.4) is 0 Å². The number of fused-ring (bicyclic) bond motifs is 1. The summed E-state index contributed by atoms with van der Waals surface area (Å²) in [6.07, 6.45) is 2.42. The molecule has 0 fully saturated rings. The molecule has 0 radical (unpaired) electrons. The van der Waals surface area contributed by atoms with Gasteiger partial charge in [0.1, 0.15) is 5.54 Å². The number of methoxy groups -OCH3 is 1. The number of anilines is 1. The molecule has 2 unspecified atom stereocenters. The van der Waals surface area contributed by atoms with E-state index in [0.29, 0.717) is 30.3 Å². The van der Waals surface area contributed by atoms with Crippen molar-refractivity contribution in [3.8, 4) is 11.8 Å². The highest BCUT2D eigenvalue weighted by Gasteiger charge is 2.32. The van der Waals surface area contributed by atoms with E-state index < -0.39 is 30.8 Å². The molecule has 1 aromatic heterocycles. The molecule has 0 spiro atoms. The molecule has 0 bridgehead atoms. The number of carbonyl (C=O) groups excluding carboxylic acids is 1. The maximum absolute atomic E-state index is 12.4. The Morgan fingerprint density at radius 2 is 1.87 bits per heavy atom. The van der Waals surface area contributed by atoms with Crippen LogP contribution in [0.4, 0.5) is 5.69 Å². The number of aromatic nitrogens is 1. The van der Waals surface area contributed by atoms with Crippen LogP contribution in [0.25, 0.3) is 10.9 Å². The molecule has 0 amide bonds. The van der Waals surface area contributed by atoms with Crippen LogP contribution >= 0.6 is 11.6 Å². The van der Waals surface area contributed by atoms with Crippen LogP contribution in [-0.2, 0) is 31.1 Å². The highest BCUT2D eigenvalue weighted by molar-refractivity contribution is 7.80. The number of halogens is 1. The van der Waals surface area contributed by atoms with E-state index in [1.165, 1.54) is 11.4 Å². The zero-order chi connectivity index (χ0) is 27.9. The van der Waals surface area contributed by atoms with Crippen molar-refractivity contribution in [3.05, 3.63) is 65.3 Å². The number of benzene rings is 2. The first kappa shape index (κ1) is 29.9. The first-order chi connectivity index (χ1) is 18.0. The van der Waals surface area contributed by atoms with Gasteiger partial charge in [-0.15, -0.1) is 0 Å². The molecular formula is C28H35ClN2O5SSi. The summed E-state index contributed by atoms with van der Waals surface area (Å²) in [5, 5.41) is 1.37. The number of ether oxygens (including phenoxy) is 2. The number of nitrogens with zero attached hydrogens (tertiary/aromatic N) is 2. The van der Waals surface area contributed by atoms with Gasteiger partial charge in [-0.25, -0.2) is 9.00 Å². The van der Waals surface area contributed by atoms with Crippen molar-refractivity contribution in [2.24, 2.45) is 0 Å². The number of carbonyl (C=O) groups is 1. The topological polar surface area (TPSA) is 81.0 Å². The maximum atomic E-state index is 12.4. The zero-order valence-electron chi connectivity index (χ0n) is 22.5. The van der Waals surface area contributed by atoms with E-state index in [2.05, 4.69) is 31.5 Å². The van der Waals surface area contributed by atoms with Crippen LogP contribution in [0.1, 0.15) is 18.9 Å². The van der Waals surface area contributed by atoms with Gasteiger partial charge in [0.05, 0.1) is 31.5 Å². The fourth-order valence-electron chi connectivity index (χ4n) is 4.28. The lowest BCUT2D eigenvalue weighted by Gasteiger charge is -2.31. The Morgan fingerprint density at radius 1 is 1.16 bits per heavy atom. The summed E-state index contributed by atoms with van der Waals surface area (Å²) in [5.74, 6) is 5.14. The van der Waals surface area contributed by atoms with Crippen molar-refractivity contribution in [2.45, 2.75) is 44.6 Å². The standard InChI is InChI=1S/C28H35ClN2O5SSi/c1-6-28(16-14-27(32)35-2,22-10-12-23(29)13-11-22)30-17-15-24-25(30)8-7-9-26(24)31(37(33)34)18-19-36-20-21-38(3,4)5/h7-13,15,17H,6,18-21H2,1-5H3,(H,33,34). The van der Waals surface area contributed by atoms with Gasteiger partial charge < -0.3 is 14.0 Å². The Morgan fingerprint density at radius 3 is 2.47 bits per heavy atom. The minimum Gasteiger partial charge on any atom is -0.459 e. The molecule has 2 atom stereocenters. The number of esters is 1. The summed E-state index contributed by atoms with van der Waals surface area (Å²) in [4.78, 5) is 12.0. The molecule has 10 heteroatoms. The van der Waals surface area contributed by atoms with Crippen molar-refractivity contribution in [1.29, 1.82) is 0 Å². The van der Waals surface area contributed by atoms with Crippen LogP contribution in [0, 0.1) is 11.8 Å². The van der Waals surface area contributed by atoms with Crippen LogP contribution < -0.4 is 4.31 Å². The van der Waals surface area contributed by atoms with Gasteiger partial charge in [-0.1, -0.05) is 62.3 Å². The Balaban J connectivity index is 2.06. The van der Waals surface area contributed by atoms with Gasteiger partial charge in [-0.05, 0) is 48.4 Å². The van der Waals surface area contributed by atoms with Crippen LogP contribution in [0.5, 0.6) is 0 Å². The van der Waals surface area contributed by atoms with E-state index in [-0.39, 0.29) is 6.54 Å². The second-order valence-corrected chi connectivity index (χ2v) is 17.1. The molecule has 3 rings (SSSR count). The fourth-order valence-corrected chi connectivity index (χ4v) is 5.72. The molecule has 0 aliphatic rings. The lowest BCUT2D eigenvalue weighted by Crippen LogP contribution is -2.33. The molecule has 0 aliphatic heterocycles. The fraction of sp³-hybridized carbons (Fsp3) is 0.393. The summed E-state index contributed by atoms with van der Waals surface area (Å²) in [6.45, 7) is 10.1. The van der Waals surface area contributed by atoms with E-state index in [1.54, 1.807) is 12.1 Å².